The van der Waals surface area contributed by atoms with Crippen LogP contribution >= 0.6 is 24.4 Å². The molecule has 62 heavy (non-hydrogen) atoms. The van der Waals surface area contributed by atoms with E-state index in [-0.39, 0.29) is 35.4 Å². The minimum absolute atomic E-state index is 0.0138. The van der Waals surface area contributed by atoms with Crippen LogP contribution in [0.2, 0.25) is 0 Å². The minimum Gasteiger partial charge on any atom is -0.356 e. The SMILES string of the molecule is FC(F)(F)c1cc(NC(=S)N[C@H](CNC(NC[C@H](Cc2ccccc2)NC(=S)Nc2cc(C(F)(F)F)cc(C(F)(F)F)c2)=[N+]2CCCC2)Cc2ccccc2)cc(C(F)(F)F)c1. The van der Waals surface area contributed by atoms with Gasteiger partial charge >= 0.3 is 30.7 Å². The molecule has 1 heterocycles. The molecule has 6 N–H and O–H groups in total. The number of nitrogens with one attached hydrogen (secondary N) is 6. The number of guanidine groups is 1. The van der Waals surface area contributed by atoms with Crippen molar-refractivity contribution in [3.8, 4) is 0 Å². The van der Waals surface area contributed by atoms with Crippen LogP contribution in [0.25, 0.3) is 0 Å². The Kier molecular flexibility index (Phi) is 15.6. The van der Waals surface area contributed by atoms with Crippen LogP contribution in [0, 0.1) is 0 Å². The van der Waals surface area contributed by atoms with Gasteiger partial charge in [-0.2, -0.15) is 52.7 Å². The summed E-state index contributed by atoms with van der Waals surface area (Å²) < 4.78 is 165. The number of rotatable bonds is 12. The number of hydrogen-bond donors (Lipinski definition) is 6. The molecule has 7 nitrogen and oxygen atoms in total. The molecule has 0 spiro atoms. The Hall–Kier alpha value is -5.31. The lowest BCUT2D eigenvalue weighted by Crippen LogP contribution is -2.54. The number of halogens is 12. The topological polar surface area (TPSA) is 75.2 Å². The number of hydrogen-bond acceptors (Lipinski definition) is 2. The number of benzene rings is 4. The summed E-state index contributed by atoms with van der Waals surface area (Å²) in [6, 6.07) is 19.0. The standard InChI is InChI=1S/C41H39F12N7S2/c42-38(43,44)27-17-28(39(45,46)47)20-31(19-27)56-36(61)58-33(15-25-9-3-1-4-10-25)23-54-35(60-13-7-8-14-60)55-24-34(16-26-11-5-2-6-12-26)59-37(62)57-32-21-29(40(48,49)50)18-30(22-32)41(51,52)53/h1-6,9-12,17-22,33-34H,7-8,13-16,23-24H2,(H5,54,55,56,57,58,59,61,62)/p+1/t33-,34-/m0/s1. The molecule has 21 heteroatoms. The van der Waals surface area contributed by atoms with Crippen molar-refractivity contribution in [2.75, 3.05) is 36.8 Å². The van der Waals surface area contributed by atoms with Gasteiger partial charge < -0.3 is 21.3 Å². The second kappa shape index (κ2) is 20.3. The molecule has 1 aliphatic heterocycles. The summed E-state index contributed by atoms with van der Waals surface area (Å²) in [5.74, 6) is 0.542. The highest BCUT2D eigenvalue weighted by atomic mass is 32.1. The second-order valence-corrected chi connectivity index (χ2v) is 15.2. The van der Waals surface area contributed by atoms with Crippen LogP contribution in [0.3, 0.4) is 0 Å². The molecule has 0 unspecified atom stereocenters. The van der Waals surface area contributed by atoms with E-state index in [4.69, 9.17) is 24.4 Å². The number of anilines is 2. The Labute approximate surface area is 359 Å². The van der Waals surface area contributed by atoms with E-state index in [0.717, 1.165) is 24.0 Å². The van der Waals surface area contributed by atoms with Gasteiger partial charge in [-0.05, 0) is 97.6 Å². The Balaban J connectivity index is 1.34. The molecule has 334 valence electrons. The first-order valence-electron chi connectivity index (χ1n) is 18.9. The number of alkyl halides is 12. The predicted octanol–water partition coefficient (Wildman–Crippen LogP) is 9.60. The molecule has 2 atom stereocenters. The summed E-state index contributed by atoms with van der Waals surface area (Å²) in [5.41, 5.74) is -5.45. The first-order chi connectivity index (χ1) is 29.0. The first-order valence-corrected chi connectivity index (χ1v) is 19.8. The van der Waals surface area contributed by atoms with Gasteiger partial charge in [0.05, 0.1) is 60.5 Å². The Morgan fingerprint density at radius 3 is 1.13 bits per heavy atom. The Morgan fingerprint density at radius 1 is 0.500 bits per heavy atom. The highest BCUT2D eigenvalue weighted by Crippen LogP contribution is 2.39. The molecule has 4 aromatic carbocycles. The zero-order valence-corrected chi connectivity index (χ0v) is 34.0. The smallest absolute Gasteiger partial charge is 0.356 e. The molecule has 1 fully saturated rings. The van der Waals surface area contributed by atoms with Gasteiger partial charge in [-0.25, -0.2) is 0 Å². The number of thiocarbonyl (C=S) groups is 2. The van der Waals surface area contributed by atoms with E-state index < -0.39 is 70.4 Å². The van der Waals surface area contributed by atoms with E-state index in [9.17, 15) is 52.7 Å². The molecule has 1 aliphatic rings. The van der Waals surface area contributed by atoms with Crippen molar-refractivity contribution in [3.63, 3.8) is 0 Å². The fraction of sp³-hybridized carbons (Fsp3) is 0.341. The second-order valence-electron chi connectivity index (χ2n) is 14.4. The van der Waals surface area contributed by atoms with E-state index in [2.05, 4.69) is 31.9 Å². The Morgan fingerprint density at radius 2 is 0.823 bits per heavy atom. The summed E-state index contributed by atoms with van der Waals surface area (Å²) in [6.45, 7) is 1.52. The van der Waals surface area contributed by atoms with Crippen molar-refractivity contribution in [3.05, 3.63) is 130 Å². The molecular formula is C41H40F12N7S2+. The molecule has 0 saturated carbocycles. The van der Waals surface area contributed by atoms with Crippen LogP contribution in [0.5, 0.6) is 0 Å². The van der Waals surface area contributed by atoms with Gasteiger partial charge in [-0.1, -0.05) is 60.7 Å². The van der Waals surface area contributed by atoms with Crippen LogP contribution in [-0.4, -0.2) is 59.0 Å². The van der Waals surface area contributed by atoms with Crippen molar-refractivity contribution in [2.45, 2.75) is 62.5 Å². The molecule has 0 aliphatic carbocycles. The largest absolute Gasteiger partial charge is 0.416 e. The van der Waals surface area contributed by atoms with Gasteiger partial charge in [0.1, 0.15) is 0 Å². The summed E-state index contributed by atoms with van der Waals surface area (Å²) in [7, 11) is 0. The molecular weight excluding hydrogens is 883 g/mol. The third-order valence-corrected chi connectivity index (χ3v) is 9.91. The predicted molar refractivity (Wildman–Crippen MR) is 220 cm³/mol. The van der Waals surface area contributed by atoms with Gasteiger partial charge in [0.2, 0.25) is 0 Å². The zero-order chi connectivity index (χ0) is 45.3. The summed E-state index contributed by atoms with van der Waals surface area (Å²) >= 11 is 10.8. The van der Waals surface area contributed by atoms with Gasteiger partial charge in [0, 0.05) is 11.4 Å². The molecule has 0 aromatic heterocycles. The lowest BCUT2D eigenvalue weighted by molar-refractivity contribution is -0.510. The fourth-order valence-electron chi connectivity index (χ4n) is 6.57. The maximum Gasteiger partial charge on any atom is 0.416 e. The average molecular weight is 923 g/mol. The molecule has 0 bridgehead atoms. The average Bonchev–Trinajstić information content (AvgIpc) is 3.72. The van der Waals surface area contributed by atoms with E-state index in [1.807, 2.05) is 28.8 Å². The lowest BCUT2D eigenvalue weighted by atomic mass is 10.1. The van der Waals surface area contributed by atoms with Crippen molar-refractivity contribution in [1.29, 1.82) is 0 Å². The molecule has 0 radical (unpaired) electrons. The highest BCUT2D eigenvalue weighted by Gasteiger charge is 2.38. The maximum absolute atomic E-state index is 13.6. The lowest BCUT2D eigenvalue weighted by Gasteiger charge is -2.24. The summed E-state index contributed by atoms with van der Waals surface area (Å²) in [6.07, 6.45) is -18.0. The van der Waals surface area contributed by atoms with E-state index in [1.165, 1.54) is 0 Å². The van der Waals surface area contributed by atoms with Crippen LogP contribution in [0.4, 0.5) is 64.1 Å². The van der Waals surface area contributed by atoms with Crippen molar-refractivity contribution >= 4 is 52.0 Å². The zero-order valence-electron chi connectivity index (χ0n) is 32.3. The van der Waals surface area contributed by atoms with Gasteiger partial charge in [-0.15, -0.1) is 0 Å². The monoisotopic (exact) mass is 922 g/mol. The van der Waals surface area contributed by atoms with Crippen molar-refractivity contribution in [2.24, 2.45) is 0 Å². The van der Waals surface area contributed by atoms with Crippen LogP contribution in [0.15, 0.2) is 97.1 Å². The van der Waals surface area contributed by atoms with Gasteiger partial charge in [0.25, 0.3) is 0 Å². The molecule has 4 aromatic rings. The molecule has 1 saturated heterocycles. The molecule has 0 amide bonds. The third-order valence-electron chi connectivity index (χ3n) is 9.47. The summed E-state index contributed by atoms with van der Waals surface area (Å²) in [5, 5.41) is 17.2. The maximum atomic E-state index is 13.6. The van der Waals surface area contributed by atoms with Crippen LogP contribution < -0.4 is 31.9 Å². The fourth-order valence-corrected chi connectivity index (χ4v) is 7.14. The van der Waals surface area contributed by atoms with Crippen molar-refractivity contribution < 1.29 is 57.3 Å². The third kappa shape index (κ3) is 14.7. The number of nitrogens with zero attached hydrogens (tertiary/aromatic N) is 1. The quantitative estimate of drug-likeness (QED) is 0.0364. The molecule has 5 rings (SSSR count). The van der Waals surface area contributed by atoms with Gasteiger partial charge in [0.15, 0.2) is 10.2 Å². The van der Waals surface area contributed by atoms with Crippen LogP contribution in [-0.2, 0) is 37.5 Å². The van der Waals surface area contributed by atoms with E-state index in [0.29, 0.717) is 56.2 Å². The minimum atomic E-state index is -5.07. The first kappa shape index (κ1) is 47.7. The summed E-state index contributed by atoms with van der Waals surface area (Å²) in [4.78, 5) is 0. The van der Waals surface area contributed by atoms with E-state index in [1.54, 1.807) is 36.4 Å². The Bertz CT molecular complexity index is 1960. The normalized spacial score (nSPS) is 14.4. The van der Waals surface area contributed by atoms with Gasteiger partial charge in [-0.3, -0.25) is 15.2 Å². The van der Waals surface area contributed by atoms with Crippen molar-refractivity contribution in [1.82, 2.24) is 21.3 Å². The highest BCUT2D eigenvalue weighted by molar-refractivity contribution is 7.80. The van der Waals surface area contributed by atoms with Crippen LogP contribution in [0.1, 0.15) is 46.2 Å². The van der Waals surface area contributed by atoms with E-state index >= 15 is 0 Å².